The van der Waals surface area contributed by atoms with Gasteiger partial charge in [0.05, 0.1) is 0 Å². The van der Waals surface area contributed by atoms with Gasteiger partial charge in [-0.25, -0.2) is 0 Å². The SMILES string of the molecule is CC1=CCCC2C1(C)CCC(C)[C@@]2(C)CC1=CC(=O)C=CC1=O. The molecule has 0 aliphatic heterocycles. The zero-order chi connectivity index (χ0) is 16.8. The van der Waals surface area contributed by atoms with Crippen molar-refractivity contribution in [2.75, 3.05) is 0 Å². The van der Waals surface area contributed by atoms with Crippen LogP contribution in [0.25, 0.3) is 0 Å². The maximum absolute atomic E-state index is 12.2. The standard InChI is InChI=1S/C21H28O2/c1-14-6-5-7-19-20(14,3)11-10-15(2)21(19,4)13-16-12-17(22)8-9-18(16)23/h6,8-9,12,15,19H,5,7,10-11,13H2,1-4H3/t15?,19?,20?,21-/m1/s1. The fraction of sp³-hybridized carbons (Fsp3) is 0.619. The van der Waals surface area contributed by atoms with E-state index in [9.17, 15) is 9.59 Å². The van der Waals surface area contributed by atoms with E-state index in [1.165, 1.54) is 37.0 Å². The van der Waals surface area contributed by atoms with Crippen LogP contribution in [0.15, 0.2) is 35.5 Å². The third kappa shape index (κ3) is 2.56. The van der Waals surface area contributed by atoms with E-state index in [4.69, 9.17) is 0 Å². The molecule has 1 fully saturated rings. The number of allylic oxidation sites excluding steroid dienone is 6. The molecular formula is C21H28O2. The van der Waals surface area contributed by atoms with Crippen LogP contribution in [0.5, 0.6) is 0 Å². The van der Waals surface area contributed by atoms with Gasteiger partial charge in [-0.1, -0.05) is 32.4 Å². The van der Waals surface area contributed by atoms with Crippen molar-refractivity contribution in [2.45, 2.75) is 59.8 Å². The van der Waals surface area contributed by atoms with Gasteiger partial charge in [-0.2, -0.15) is 0 Å². The molecule has 0 spiro atoms. The van der Waals surface area contributed by atoms with E-state index in [1.807, 2.05) is 0 Å². The highest BCUT2D eigenvalue weighted by molar-refractivity contribution is 6.17. The lowest BCUT2D eigenvalue weighted by atomic mass is 9.46. The molecule has 2 heteroatoms. The Bertz CT molecular complexity index is 636. The highest BCUT2D eigenvalue weighted by Crippen LogP contribution is 2.62. The van der Waals surface area contributed by atoms with E-state index in [0.717, 1.165) is 12.8 Å². The van der Waals surface area contributed by atoms with Gasteiger partial charge >= 0.3 is 0 Å². The van der Waals surface area contributed by atoms with E-state index >= 15 is 0 Å². The summed E-state index contributed by atoms with van der Waals surface area (Å²) in [7, 11) is 0. The van der Waals surface area contributed by atoms with Crippen LogP contribution in [0.3, 0.4) is 0 Å². The summed E-state index contributed by atoms with van der Waals surface area (Å²) in [5.41, 5.74) is 2.56. The van der Waals surface area contributed by atoms with E-state index in [2.05, 4.69) is 33.8 Å². The summed E-state index contributed by atoms with van der Waals surface area (Å²) in [4.78, 5) is 24.0. The van der Waals surface area contributed by atoms with E-state index < -0.39 is 0 Å². The molecule has 3 aliphatic carbocycles. The molecule has 3 rings (SSSR count). The van der Waals surface area contributed by atoms with Crippen molar-refractivity contribution < 1.29 is 9.59 Å². The third-order valence-corrected chi connectivity index (χ3v) is 7.20. The largest absolute Gasteiger partial charge is 0.290 e. The van der Waals surface area contributed by atoms with Crippen molar-refractivity contribution in [3.8, 4) is 0 Å². The molecule has 0 N–H and O–H groups in total. The second-order valence-corrected chi connectivity index (χ2v) is 8.33. The first-order valence-electron chi connectivity index (χ1n) is 8.91. The van der Waals surface area contributed by atoms with E-state index in [0.29, 0.717) is 17.4 Å². The first-order valence-corrected chi connectivity index (χ1v) is 8.91. The van der Waals surface area contributed by atoms with Crippen LogP contribution in [0.1, 0.15) is 59.8 Å². The number of carbonyl (C=O) groups excluding carboxylic acids is 2. The van der Waals surface area contributed by atoms with E-state index in [-0.39, 0.29) is 22.4 Å². The topological polar surface area (TPSA) is 34.1 Å². The molecule has 0 amide bonds. The molecular weight excluding hydrogens is 284 g/mol. The van der Waals surface area contributed by atoms with Crippen molar-refractivity contribution in [3.05, 3.63) is 35.5 Å². The summed E-state index contributed by atoms with van der Waals surface area (Å²) < 4.78 is 0. The monoisotopic (exact) mass is 312 g/mol. The highest BCUT2D eigenvalue weighted by atomic mass is 16.1. The van der Waals surface area contributed by atoms with Crippen LogP contribution in [0, 0.1) is 22.7 Å². The Kier molecular flexibility index (Phi) is 3.98. The predicted molar refractivity (Wildman–Crippen MR) is 92.9 cm³/mol. The predicted octanol–water partition coefficient (Wildman–Crippen LogP) is 4.81. The molecule has 0 bridgehead atoms. The smallest absolute Gasteiger partial charge is 0.182 e. The molecule has 124 valence electrons. The van der Waals surface area contributed by atoms with Crippen molar-refractivity contribution in [1.82, 2.24) is 0 Å². The second-order valence-electron chi connectivity index (χ2n) is 8.33. The fourth-order valence-electron chi connectivity index (χ4n) is 5.31. The van der Waals surface area contributed by atoms with Gasteiger partial charge in [-0.05, 0) is 79.9 Å². The van der Waals surface area contributed by atoms with Gasteiger partial charge in [0.15, 0.2) is 11.6 Å². The number of carbonyl (C=O) groups is 2. The lowest BCUT2D eigenvalue weighted by molar-refractivity contribution is -0.115. The van der Waals surface area contributed by atoms with Gasteiger partial charge in [0.1, 0.15) is 0 Å². The number of fused-ring (bicyclic) bond motifs is 1. The van der Waals surface area contributed by atoms with Gasteiger partial charge < -0.3 is 0 Å². The van der Waals surface area contributed by atoms with Crippen LogP contribution in [-0.2, 0) is 9.59 Å². The van der Waals surface area contributed by atoms with E-state index in [1.54, 1.807) is 6.08 Å². The molecule has 0 aromatic carbocycles. The summed E-state index contributed by atoms with van der Waals surface area (Å²) in [6.07, 6.45) is 12.3. The molecule has 3 aliphatic rings. The lowest BCUT2D eigenvalue weighted by Gasteiger charge is -2.58. The Morgan fingerprint density at radius 3 is 2.65 bits per heavy atom. The number of ketones is 2. The molecule has 0 radical (unpaired) electrons. The maximum Gasteiger partial charge on any atom is 0.182 e. The van der Waals surface area contributed by atoms with Gasteiger partial charge in [0, 0.05) is 5.57 Å². The summed E-state index contributed by atoms with van der Waals surface area (Å²) in [5.74, 6) is 1.13. The zero-order valence-corrected chi connectivity index (χ0v) is 14.8. The molecule has 3 unspecified atom stereocenters. The van der Waals surface area contributed by atoms with Gasteiger partial charge in [0.2, 0.25) is 0 Å². The summed E-state index contributed by atoms with van der Waals surface area (Å²) in [6.45, 7) is 9.38. The van der Waals surface area contributed by atoms with Gasteiger partial charge in [-0.15, -0.1) is 0 Å². The Hall–Kier alpha value is -1.44. The Morgan fingerprint density at radius 1 is 1.17 bits per heavy atom. The average Bonchev–Trinajstić information content (AvgIpc) is 2.50. The van der Waals surface area contributed by atoms with Crippen molar-refractivity contribution >= 4 is 11.6 Å². The molecule has 4 atom stereocenters. The zero-order valence-electron chi connectivity index (χ0n) is 14.8. The summed E-state index contributed by atoms with van der Waals surface area (Å²) >= 11 is 0. The maximum atomic E-state index is 12.2. The Morgan fingerprint density at radius 2 is 1.91 bits per heavy atom. The minimum absolute atomic E-state index is 0.0216. The molecule has 0 aromatic rings. The molecule has 1 saturated carbocycles. The molecule has 2 nitrogen and oxygen atoms in total. The molecule has 0 saturated heterocycles. The van der Waals surface area contributed by atoms with Crippen molar-refractivity contribution in [3.63, 3.8) is 0 Å². The minimum Gasteiger partial charge on any atom is -0.290 e. The van der Waals surface area contributed by atoms with Gasteiger partial charge in [0.25, 0.3) is 0 Å². The molecule has 0 aromatic heterocycles. The number of rotatable bonds is 2. The highest BCUT2D eigenvalue weighted by Gasteiger charge is 2.53. The van der Waals surface area contributed by atoms with Crippen LogP contribution < -0.4 is 0 Å². The lowest BCUT2D eigenvalue weighted by Crippen LogP contribution is -2.50. The van der Waals surface area contributed by atoms with Crippen LogP contribution in [0.2, 0.25) is 0 Å². The number of hydrogen-bond acceptors (Lipinski definition) is 2. The minimum atomic E-state index is -0.0471. The van der Waals surface area contributed by atoms with Crippen LogP contribution in [0.4, 0.5) is 0 Å². The average molecular weight is 312 g/mol. The second kappa shape index (κ2) is 5.58. The van der Waals surface area contributed by atoms with Crippen molar-refractivity contribution in [2.24, 2.45) is 22.7 Å². The first-order chi connectivity index (χ1) is 10.8. The molecule has 0 heterocycles. The Balaban J connectivity index is 1.96. The quantitative estimate of drug-likeness (QED) is 0.541. The Labute approximate surface area is 139 Å². The normalized spacial score (nSPS) is 40.5. The third-order valence-electron chi connectivity index (χ3n) is 7.20. The van der Waals surface area contributed by atoms with Crippen LogP contribution in [-0.4, -0.2) is 11.6 Å². The van der Waals surface area contributed by atoms with Crippen LogP contribution >= 0.6 is 0 Å². The first kappa shape index (κ1) is 16.4. The van der Waals surface area contributed by atoms with Crippen molar-refractivity contribution in [1.29, 1.82) is 0 Å². The molecule has 23 heavy (non-hydrogen) atoms. The summed E-state index contributed by atoms with van der Waals surface area (Å²) in [6, 6.07) is 0. The van der Waals surface area contributed by atoms with Gasteiger partial charge in [-0.3, -0.25) is 9.59 Å². The fourth-order valence-corrected chi connectivity index (χ4v) is 5.31. The number of hydrogen-bond donors (Lipinski definition) is 0. The summed E-state index contributed by atoms with van der Waals surface area (Å²) in [5, 5.41) is 0.